The molecule has 0 amide bonds. The second-order valence-corrected chi connectivity index (χ2v) is 7.27. The molecule has 0 aliphatic carbocycles. The fourth-order valence-electron chi connectivity index (χ4n) is 3.01. The Kier molecular flexibility index (Phi) is 5.72. The number of methoxy groups -OCH3 is 2. The van der Waals surface area contributed by atoms with Crippen LogP contribution in [-0.4, -0.2) is 24.8 Å². The maximum absolute atomic E-state index is 11.6. The first kappa shape index (κ1) is 19.6. The predicted molar refractivity (Wildman–Crippen MR) is 118 cm³/mol. The van der Waals surface area contributed by atoms with E-state index in [4.69, 9.17) is 9.47 Å². The molecular formula is C23H19N3O3S. The van der Waals surface area contributed by atoms with Crippen LogP contribution in [0.15, 0.2) is 88.4 Å². The first-order valence-electron chi connectivity index (χ1n) is 9.20. The molecule has 0 saturated carbocycles. The molecule has 2 aromatic carbocycles. The van der Waals surface area contributed by atoms with Gasteiger partial charge in [-0.15, -0.1) is 21.6 Å². The molecule has 0 N–H and O–H groups in total. The second-order valence-electron chi connectivity index (χ2n) is 6.33. The topological polar surface area (TPSA) is 65.2 Å². The van der Waals surface area contributed by atoms with Crippen LogP contribution in [0.1, 0.15) is 10.4 Å². The number of nitrogens with zero attached hydrogens (tertiary/aromatic N) is 3. The standard InChI is InChI=1S/C23H19N3O3S/c1-28-19-11-9-18(10-12-19)26-20(21-4-3-15-30-21)13-14-22(26)25-24-17-7-5-16(6-8-17)23(27)29-2/h3-15H,1-2H3. The Morgan fingerprint density at radius 2 is 1.67 bits per heavy atom. The summed E-state index contributed by atoms with van der Waals surface area (Å²) in [7, 11) is 3.00. The Hall–Kier alpha value is -3.71. The molecule has 0 atom stereocenters. The number of carbonyl (C=O) groups is 1. The summed E-state index contributed by atoms with van der Waals surface area (Å²) in [6, 6.07) is 22.7. The number of hydrogen-bond donors (Lipinski definition) is 0. The lowest BCUT2D eigenvalue weighted by Gasteiger charge is -2.11. The Labute approximate surface area is 178 Å². The average Bonchev–Trinajstić information content (AvgIpc) is 3.47. The summed E-state index contributed by atoms with van der Waals surface area (Å²) in [4.78, 5) is 12.7. The minimum Gasteiger partial charge on any atom is -0.497 e. The van der Waals surface area contributed by atoms with Crippen molar-refractivity contribution in [3.05, 3.63) is 83.7 Å². The van der Waals surface area contributed by atoms with Gasteiger partial charge in [0, 0.05) is 5.69 Å². The van der Waals surface area contributed by atoms with E-state index in [9.17, 15) is 4.79 Å². The van der Waals surface area contributed by atoms with Crippen LogP contribution in [0, 0.1) is 0 Å². The lowest BCUT2D eigenvalue weighted by atomic mass is 10.2. The minimum atomic E-state index is -0.382. The molecule has 0 radical (unpaired) electrons. The van der Waals surface area contributed by atoms with E-state index in [2.05, 4.69) is 20.9 Å². The van der Waals surface area contributed by atoms with Crippen LogP contribution in [0.25, 0.3) is 16.3 Å². The average molecular weight is 417 g/mol. The number of esters is 1. The number of azo groups is 1. The SMILES string of the molecule is COC(=O)c1ccc(N=Nc2ccc(-c3cccs3)n2-c2ccc(OC)cc2)cc1. The van der Waals surface area contributed by atoms with Crippen molar-refractivity contribution >= 4 is 28.8 Å². The molecule has 0 fully saturated rings. The van der Waals surface area contributed by atoms with Crippen molar-refractivity contribution in [1.29, 1.82) is 0 Å². The van der Waals surface area contributed by atoms with Gasteiger partial charge in [0.1, 0.15) is 5.75 Å². The van der Waals surface area contributed by atoms with Crippen molar-refractivity contribution in [1.82, 2.24) is 4.57 Å². The molecule has 6 nitrogen and oxygen atoms in total. The van der Waals surface area contributed by atoms with Gasteiger partial charge in [-0.2, -0.15) is 0 Å². The molecule has 0 saturated heterocycles. The molecule has 0 aliphatic heterocycles. The van der Waals surface area contributed by atoms with Crippen LogP contribution in [-0.2, 0) is 4.74 Å². The number of benzene rings is 2. The van der Waals surface area contributed by atoms with Gasteiger partial charge in [-0.1, -0.05) is 6.07 Å². The summed E-state index contributed by atoms with van der Waals surface area (Å²) in [6.07, 6.45) is 0. The molecule has 0 bridgehead atoms. The van der Waals surface area contributed by atoms with Crippen LogP contribution in [0.3, 0.4) is 0 Å². The van der Waals surface area contributed by atoms with Crippen molar-refractivity contribution in [2.24, 2.45) is 10.2 Å². The predicted octanol–water partition coefficient (Wildman–Crippen LogP) is 6.42. The van der Waals surface area contributed by atoms with E-state index in [0.29, 0.717) is 17.1 Å². The first-order valence-corrected chi connectivity index (χ1v) is 10.1. The Morgan fingerprint density at radius 3 is 2.30 bits per heavy atom. The highest BCUT2D eigenvalue weighted by Gasteiger charge is 2.13. The van der Waals surface area contributed by atoms with Gasteiger partial charge in [-0.05, 0) is 72.1 Å². The van der Waals surface area contributed by atoms with E-state index in [1.54, 1.807) is 42.7 Å². The maximum Gasteiger partial charge on any atom is 0.337 e. The molecule has 7 heteroatoms. The highest BCUT2D eigenvalue weighted by atomic mass is 32.1. The van der Waals surface area contributed by atoms with Gasteiger partial charge < -0.3 is 9.47 Å². The number of ether oxygens (including phenoxy) is 2. The second kappa shape index (κ2) is 8.75. The van der Waals surface area contributed by atoms with Crippen molar-refractivity contribution < 1.29 is 14.3 Å². The molecule has 30 heavy (non-hydrogen) atoms. The van der Waals surface area contributed by atoms with Crippen molar-refractivity contribution in [2.45, 2.75) is 0 Å². The molecule has 2 aromatic heterocycles. The van der Waals surface area contributed by atoms with Crippen LogP contribution < -0.4 is 4.74 Å². The van der Waals surface area contributed by atoms with E-state index in [-0.39, 0.29) is 5.97 Å². The molecule has 2 heterocycles. The molecule has 0 unspecified atom stereocenters. The number of rotatable bonds is 6. The van der Waals surface area contributed by atoms with Crippen LogP contribution in [0.2, 0.25) is 0 Å². The lowest BCUT2D eigenvalue weighted by Crippen LogP contribution is -1.99. The number of aromatic nitrogens is 1. The van der Waals surface area contributed by atoms with Gasteiger partial charge in [0.25, 0.3) is 0 Å². The van der Waals surface area contributed by atoms with Gasteiger partial charge in [0.05, 0.1) is 36.0 Å². The monoisotopic (exact) mass is 417 g/mol. The van der Waals surface area contributed by atoms with Gasteiger partial charge in [0.2, 0.25) is 0 Å². The van der Waals surface area contributed by atoms with Crippen LogP contribution in [0.4, 0.5) is 11.5 Å². The molecule has 4 rings (SSSR count). The summed E-state index contributed by atoms with van der Waals surface area (Å²) in [5.74, 6) is 1.10. The third-order valence-electron chi connectivity index (χ3n) is 4.52. The van der Waals surface area contributed by atoms with E-state index in [1.165, 1.54) is 7.11 Å². The Balaban J connectivity index is 1.71. The summed E-state index contributed by atoms with van der Waals surface area (Å²) in [6.45, 7) is 0. The highest BCUT2D eigenvalue weighted by molar-refractivity contribution is 7.13. The zero-order valence-electron chi connectivity index (χ0n) is 16.5. The van der Waals surface area contributed by atoms with E-state index < -0.39 is 0 Å². The fraction of sp³-hybridized carbons (Fsp3) is 0.0870. The van der Waals surface area contributed by atoms with E-state index >= 15 is 0 Å². The molecular weight excluding hydrogens is 398 g/mol. The van der Waals surface area contributed by atoms with Crippen LogP contribution in [0.5, 0.6) is 5.75 Å². The van der Waals surface area contributed by atoms with Gasteiger partial charge in [0.15, 0.2) is 5.82 Å². The third kappa shape index (κ3) is 4.01. The Morgan fingerprint density at radius 1 is 0.900 bits per heavy atom. The third-order valence-corrected chi connectivity index (χ3v) is 5.41. The summed E-state index contributed by atoms with van der Waals surface area (Å²) < 4.78 is 12.1. The number of carbonyl (C=O) groups excluding carboxylic acids is 1. The lowest BCUT2D eigenvalue weighted by molar-refractivity contribution is 0.0601. The van der Waals surface area contributed by atoms with Gasteiger partial charge >= 0.3 is 5.97 Å². The number of thiophene rings is 1. The Bertz CT molecular complexity index is 1160. The summed E-state index contributed by atoms with van der Waals surface area (Å²) >= 11 is 1.67. The summed E-state index contributed by atoms with van der Waals surface area (Å²) in [5.41, 5.74) is 3.10. The minimum absolute atomic E-state index is 0.382. The first-order chi connectivity index (χ1) is 14.7. The number of hydrogen-bond acceptors (Lipinski definition) is 6. The molecule has 0 aliphatic rings. The normalized spacial score (nSPS) is 11.0. The van der Waals surface area contributed by atoms with E-state index in [0.717, 1.165) is 22.0 Å². The van der Waals surface area contributed by atoms with Crippen molar-refractivity contribution in [3.63, 3.8) is 0 Å². The van der Waals surface area contributed by atoms with E-state index in [1.807, 2.05) is 47.8 Å². The van der Waals surface area contributed by atoms with Crippen molar-refractivity contribution in [2.75, 3.05) is 14.2 Å². The quantitative estimate of drug-likeness (QED) is 0.269. The maximum atomic E-state index is 11.6. The summed E-state index contributed by atoms with van der Waals surface area (Å²) in [5, 5.41) is 10.9. The zero-order chi connectivity index (χ0) is 20.9. The van der Waals surface area contributed by atoms with Crippen LogP contribution >= 0.6 is 11.3 Å². The smallest absolute Gasteiger partial charge is 0.337 e. The zero-order valence-corrected chi connectivity index (χ0v) is 17.3. The molecule has 150 valence electrons. The van der Waals surface area contributed by atoms with Gasteiger partial charge in [-0.25, -0.2) is 4.79 Å². The van der Waals surface area contributed by atoms with Crippen molar-refractivity contribution in [3.8, 4) is 22.0 Å². The molecule has 0 spiro atoms. The molecule has 4 aromatic rings. The highest BCUT2D eigenvalue weighted by Crippen LogP contribution is 2.34. The fourth-order valence-corrected chi connectivity index (χ4v) is 3.76. The van der Waals surface area contributed by atoms with Gasteiger partial charge in [-0.3, -0.25) is 4.57 Å². The largest absolute Gasteiger partial charge is 0.497 e.